The van der Waals surface area contributed by atoms with E-state index in [1.54, 1.807) is 4.31 Å². The van der Waals surface area contributed by atoms with Crippen LogP contribution in [0.4, 0.5) is 0 Å². The maximum Gasteiger partial charge on any atom is 0.216 e. The normalized spacial score (nSPS) is 21.1. The van der Waals surface area contributed by atoms with Crippen molar-refractivity contribution >= 4 is 10.0 Å². The van der Waals surface area contributed by atoms with E-state index >= 15 is 0 Å². The average molecular weight is 278 g/mol. The lowest BCUT2D eigenvalue weighted by Crippen LogP contribution is -2.45. The number of hydrogen-bond acceptors (Lipinski definition) is 4. The van der Waals surface area contributed by atoms with E-state index < -0.39 is 10.0 Å². The molecule has 0 aromatic carbocycles. The lowest BCUT2D eigenvalue weighted by molar-refractivity contribution is 0.209. The lowest BCUT2D eigenvalue weighted by Gasteiger charge is -2.34. The molecule has 18 heavy (non-hydrogen) atoms. The third kappa shape index (κ3) is 4.50. The Bertz CT molecular complexity index is 324. The summed E-state index contributed by atoms with van der Waals surface area (Å²) in [6.45, 7) is 6.81. The van der Waals surface area contributed by atoms with Crippen molar-refractivity contribution in [1.29, 1.82) is 0 Å². The number of sulfonamides is 1. The minimum absolute atomic E-state index is 0.0942. The van der Waals surface area contributed by atoms with Crippen molar-refractivity contribution in [1.82, 2.24) is 9.62 Å². The number of hydrogen-bond donors (Lipinski definition) is 1. The number of rotatable bonds is 7. The molecule has 0 spiro atoms. The molecule has 1 aliphatic rings. The molecule has 0 aromatic rings. The largest absolute Gasteiger partial charge is 0.384 e. The van der Waals surface area contributed by atoms with Gasteiger partial charge in [-0.15, -0.1) is 0 Å². The van der Waals surface area contributed by atoms with Crippen LogP contribution >= 0.6 is 0 Å². The summed E-state index contributed by atoms with van der Waals surface area (Å²) in [7, 11) is -1.59. The fourth-order valence-electron chi connectivity index (χ4n) is 2.46. The number of nitrogens with zero attached hydrogens (tertiary/aromatic N) is 1. The van der Waals surface area contributed by atoms with Crippen LogP contribution in [0.1, 0.15) is 26.7 Å². The third-order valence-corrected chi connectivity index (χ3v) is 5.51. The Morgan fingerprint density at radius 3 is 2.50 bits per heavy atom. The zero-order valence-electron chi connectivity index (χ0n) is 11.7. The van der Waals surface area contributed by atoms with Crippen molar-refractivity contribution in [2.75, 3.05) is 39.1 Å². The van der Waals surface area contributed by atoms with E-state index in [0.29, 0.717) is 25.0 Å². The zero-order chi connectivity index (χ0) is 13.6. The van der Waals surface area contributed by atoms with Gasteiger partial charge in [0.25, 0.3) is 0 Å². The molecule has 0 bridgehead atoms. The molecular formula is C12H26N2O3S. The molecule has 0 radical (unpaired) electrons. The first kappa shape index (κ1) is 15.9. The second-order valence-corrected chi connectivity index (χ2v) is 6.98. The van der Waals surface area contributed by atoms with E-state index in [-0.39, 0.29) is 12.4 Å². The molecule has 0 aliphatic carbocycles. The zero-order valence-corrected chi connectivity index (χ0v) is 12.5. The Morgan fingerprint density at radius 2 is 2.00 bits per heavy atom. The standard InChI is InChI=1S/C12H26N2O3S/c1-4-13-11(2)12-5-7-14(8-6-12)18(15,16)10-9-17-3/h11-13H,4-10H2,1-3H3. The van der Waals surface area contributed by atoms with E-state index in [1.165, 1.54) is 7.11 Å². The monoisotopic (exact) mass is 278 g/mol. The summed E-state index contributed by atoms with van der Waals surface area (Å²) >= 11 is 0. The van der Waals surface area contributed by atoms with Crippen molar-refractivity contribution in [3.05, 3.63) is 0 Å². The maximum atomic E-state index is 12.0. The molecule has 1 heterocycles. The fourth-order valence-corrected chi connectivity index (χ4v) is 3.86. The van der Waals surface area contributed by atoms with Crippen molar-refractivity contribution < 1.29 is 13.2 Å². The first-order chi connectivity index (χ1) is 8.51. The second-order valence-electron chi connectivity index (χ2n) is 4.89. The van der Waals surface area contributed by atoms with Gasteiger partial charge in [0.1, 0.15) is 0 Å². The third-order valence-electron chi connectivity index (χ3n) is 3.67. The summed E-state index contributed by atoms with van der Waals surface area (Å²) in [5.41, 5.74) is 0. The van der Waals surface area contributed by atoms with Crippen LogP contribution < -0.4 is 5.32 Å². The van der Waals surface area contributed by atoms with E-state index in [2.05, 4.69) is 19.2 Å². The van der Waals surface area contributed by atoms with Crippen LogP contribution in [0.15, 0.2) is 0 Å². The summed E-state index contributed by atoms with van der Waals surface area (Å²) in [5.74, 6) is 0.676. The SMILES string of the molecule is CCNC(C)C1CCN(S(=O)(=O)CCOC)CC1. The molecule has 0 aromatic heterocycles. The quantitative estimate of drug-likeness (QED) is 0.744. The van der Waals surface area contributed by atoms with Crippen LogP contribution in [0, 0.1) is 5.92 Å². The highest BCUT2D eigenvalue weighted by Gasteiger charge is 2.29. The van der Waals surface area contributed by atoms with Crippen molar-refractivity contribution in [2.24, 2.45) is 5.92 Å². The molecule has 1 N–H and O–H groups in total. The topological polar surface area (TPSA) is 58.6 Å². The van der Waals surface area contributed by atoms with Gasteiger partial charge in [-0.1, -0.05) is 6.92 Å². The van der Waals surface area contributed by atoms with Crippen molar-refractivity contribution in [2.45, 2.75) is 32.7 Å². The van der Waals surface area contributed by atoms with Gasteiger partial charge < -0.3 is 10.1 Å². The summed E-state index contributed by atoms with van der Waals surface area (Å²) in [5, 5.41) is 3.42. The first-order valence-corrected chi connectivity index (χ1v) is 8.32. The van der Waals surface area contributed by atoms with E-state index in [4.69, 9.17) is 4.74 Å². The Labute approximate surface area is 111 Å². The molecule has 6 heteroatoms. The van der Waals surface area contributed by atoms with Gasteiger partial charge in [-0.3, -0.25) is 0 Å². The van der Waals surface area contributed by atoms with Gasteiger partial charge in [0.15, 0.2) is 0 Å². The van der Waals surface area contributed by atoms with E-state index in [0.717, 1.165) is 19.4 Å². The second kappa shape index (κ2) is 7.43. The first-order valence-electron chi connectivity index (χ1n) is 6.71. The molecule has 1 unspecified atom stereocenters. The molecule has 1 rings (SSSR count). The summed E-state index contributed by atoms with van der Waals surface area (Å²) in [6.07, 6.45) is 1.89. The Hall–Kier alpha value is -0.170. The lowest BCUT2D eigenvalue weighted by atomic mass is 9.91. The van der Waals surface area contributed by atoms with Crippen LogP contribution in [-0.4, -0.2) is 57.9 Å². The van der Waals surface area contributed by atoms with E-state index in [9.17, 15) is 8.42 Å². The van der Waals surface area contributed by atoms with E-state index in [1.807, 2.05) is 0 Å². The number of nitrogens with one attached hydrogen (secondary N) is 1. The van der Waals surface area contributed by atoms with Crippen LogP contribution in [0.3, 0.4) is 0 Å². The highest BCUT2D eigenvalue weighted by molar-refractivity contribution is 7.89. The number of ether oxygens (including phenoxy) is 1. The van der Waals surface area contributed by atoms with Gasteiger partial charge in [-0.2, -0.15) is 0 Å². The van der Waals surface area contributed by atoms with Gasteiger partial charge in [0, 0.05) is 26.2 Å². The molecule has 0 amide bonds. The van der Waals surface area contributed by atoms with Crippen LogP contribution in [0.5, 0.6) is 0 Å². The summed E-state index contributed by atoms with van der Waals surface area (Å²) in [4.78, 5) is 0. The summed E-state index contributed by atoms with van der Waals surface area (Å²) in [6, 6.07) is 0.471. The van der Waals surface area contributed by atoms with Gasteiger partial charge in [-0.25, -0.2) is 12.7 Å². The van der Waals surface area contributed by atoms with Gasteiger partial charge in [0.05, 0.1) is 12.4 Å². The maximum absolute atomic E-state index is 12.0. The molecule has 5 nitrogen and oxygen atoms in total. The van der Waals surface area contributed by atoms with Crippen LogP contribution in [0.2, 0.25) is 0 Å². The van der Waals surface area contributed by atoms with Crippen molar-refractivity contribution in [3.8, 4) is 0 Å². The average Bonchev–Trinajstić information content (AvgIpc) is 2.37. The van der Waals surface area contributed by atoms with Crippen LogP contribution in [-0.2, 0) is 14.8 Å². The Balaban J connectivity index is 2.43. The molecule has 1 saturated heterocycles. The highest BCUT2D eigenvalue weighted by atomic mass is 32.2. The molecule has 1 aliphatic heterocycles. The van der Waals surface area contributed by atoms with Crippen LogP contribution in [0.25, 0.3) is 0 Å². The fraction of sp³-hybridized carbons (Fsp3) is 1.00. The van der Waals surface area contributed by atoms with Gasteiger partial charge in [0.2, 0.25) is 10.0 Å². The predicted molar refractivity (Wildman–Crippen MR) is 73.1 cm³/mol. The van der Waals surface area contributed by atoms with Gasteiger partial charge in [-0.05, 0) is 32.2 Å². The number of methoxy groups -OCH3 is 1. The van der Waals surface area contributed by atoms with Gasteiger partial charge >= 0.3 is 0 Å². The highest BCUT2D eigenvalue weighted by Crippen LogP contribution is 2.22. The smallest absolute Gasteiger partial charge is 0.216 e. The molecule has 0 saturated carbocycles. The molecule has 108 valence electrons. The predicted octanol–water partition coefficient (Wildman–Crippen LogP) is 0.673. The minimum Gasteiger partial charge on any atom is -0.384 e. The summed E-state index contributed by atoms with van der Waals surface area (Å²) < 4.78 is 30.4. The molecule has 1 atom stereocenters. The molecule has 1 fully saturated rings. The Morgan fingerprint density at radius 1 is 1.39 bits per heavy atom. The molecular weight excluding hydrogens is 252 g/mol. The number of piperidine rings is 1. The Kier molecular flexibility index (Phi) is 6.55. The minimum atomic E-state index is -3.12. The van der Waals surface area contributed by atoms with Crippen molar-refractivity contribution in [3.63, 3.8) is 0 Å².